The lowest BCUT2D eigenvalue weighted by atomic mass is 10.3. The summed E-state index contributed by atoms with van der Waals surface area (Å²) in [6.45, 7) is 0. The van der Waals surface area contributed by atoms with Crippen LogP contribution in [-0.4, -0.2) is 9.78 Å². The zero-order chi connectivity index (χ0) is 8.39. The van der Waals surface area contributed by atoms with Gasteiger partial charge >= 0.3 is 0 Å². The number of aromatic nitrogens is 2. The molecule has 3 heteroatoms. The van der Waals surface area contributed by atoms with Crippen LogP contribution in [0.2, 0.25) is 0 Å². The Labute approximate surface area is 73.4 Å². The van der Waals surface area contributed by atoms with Crippen LogP contribution in [0.15, 0.2) is 42.6 Å². The fraction of sp³-hybridized carbons (Fsp3) is 0. The predicted octanol–water partition coefficient (Wildman–Crippen LogP) is 1.37. The Balaban J connectivity index is 2.51. The Bertz CT molecular complexity index is 367. The molecule has 0 amide bonds. The van der Waals surface area contributed by atoms with Crippen LogP contribution < -0.4 is 5.44 Å². The Morgan fingerprint density at radius 1 is 1.08 bits per heavy atom. The number of benzene rings is 1. The van der Waals surface area contributed by atoms with Gasteiger partial charge in [-0.2, -0.15) is 5.10 Å². The molecule has 0 aliphatic heterocycles. The first-order valence-corrected chi connectivity index (χ1v) is 4.30. The zero-order valence-electron chi connectivity index (χ0n) is 6.51. The number of hydrogen-bond acceptors (Lipinski definition) is 1. The maximum Gasteiger partial charge on any atom is 0.0652 e. The van der Waals surface area contributed by atoms with Crippen LogP contribution in [0.25, 0.3) is 5.69 Å². The molecule has 2 aromatic rings. The maximum atomic E-state index is 4.18. The van der Waals surface area contributed by atoms with Gasteiger partial charge in [-0.15, -0.1) is 0 Å². The topological polar surface area (TPSA) is 17.8 Å². The van der Waals surface area contributed by atoms with E-state index in [1.165, 1.54) is 0 Å². The van der Waals surface area contributed by atoms with Crippen molar-refractivity contribution in [3.8, 4) is 5.69 Å². The highest BCUT2D eigenvalue weighted by Crippen LogP contribution is 2.04. The fourth-order valence-corrected chi connectivity index (χ4v) is 1.40. The molecular formula is C9H9N2P. The summed E-state index contributed by atoms with van der Waals surface area (Å²) in [7, 11) is 2.65. The molecule has 0 N–H and O–H groups in total. The Morgan fingerprint density at radius 3 is 2.42 bits per heavy atom. The van der Waals surface area contributed by atoms with Gasteiger partial charge in [0.05, 0.1) is 17.3 Å². The van der Waals surface area contributed by atoms with E-state index in [-0.39, 0.29) is 0 Å². The first kappa shape index (κ1) is 7.51. The summed E-state index contributed by atoms with van der Waals surface area (Å²) in [5.41, 5.74) is 2.16. The molecule has 1 aromatic heterocycles. The Kier molecular flexibility index (Phi) is 1.92. The zero-order valence-corrected chi connectivity index (χ0v) is 7.67. The number of rotatable bonds is 1. The molecule has 0 saturated carbocycles. The second-order valence-corrected chi connectivity index (χ2v) is 3.09. The minimum atomic E-state index is 1.07. The monoisotopic (exact) mass is 176 g/mol. The summed E-state index contributed by atoms with van der Waals surface area (Å²) in [5.74, 6) is 0. The minimum absolute atomic E-state index is 1.07. The molecule has 0 bridgehead atoms. The second kappa shape index (κ2) is 3.08. The summed E-state index contributed by atoms with van der Waals surface area (Å²) in [5, 5.41) is 4.18. The maximum absolute atomic E-state index is 4.18. The standard InChI is InChI=1S/C9H9N2P/c12-9-6-7-10-11(9)8-4-2-1-3-5-8/h1-7H,12H2. The fourth-order valence-electron chi connectivity index (χ4n) is 1.10. The van der Waals surface area contributed by atoms with Crippen molar-refractivity contribution in [1.82, 2.24) is 9.78 Å². The van der Waals surface area contributed by atoms with Crippen molar-refractivity contribution in [2.75, 3.05) is 0 Å². The third-order valence-electron chi connectivity index (χ3n) is 1.67. The van der Waals surface area contributed by atoms with E-state index in [1.807, 2.05) is 41.1 Å². The van der Waals surface area contributed by atoms with E-state index in [0.717, 1.165) is 11.1 Å². The van der Waals surface area contributed by atoms with Crippen LogP contribution in [0.4, 0.5) is 0 Å². The molecule has 1 heterocycles. The molecule has 2 rings (SSSR count). The molecule has 0 saturated heterocycles. The van der Waals surface area contributed by atoms with Crippen molar-refractivity contribution >= 4 is 14.7 Å². The summed E-state index contributed by atoms with van der Waals surface area (Å²) in [6.07, 6.45) is 1.79. The first-order chi connectivity index (χ1) is 5.88. The average Bonchev–Trinajstić information content (AvgIpc) is 2.53. The quantitative estimate of drug-likeness (QED) is 0.600. The molecule has 60 valence electrons. The minimum Gasteiger partial charge on any atom is -0.234 e. The highest BCUT2D eigenvalue weighted by molar-refractivity contribution is 7.27. The highest BCUT2D eigenvalue weighted by Gasteiger charge is 1.97. The van der Waals surface area contributed by atoms with Gasteiger partial charge in [0.2, 0.25) is 0 Å². The first-order valence-electron chi connectivity index (χ1n) is 3.73. The third kappa shape index (κ3) is 1.26. The van der Waals surface area contributed by atoms with Crippen LogP contribution in [0.3, 0.4) is 0 Å². The van der Waals surface area contributed by atoms with Gasteiger partial charge < -0.3 is 0 Å². The van der Waals surface area contributed by atoms with Crippen molar-refractivity contribution in [2.45, 2.75) is 0 Å². The van der Waals surface area contributed by atoms with Gasteiger partial charge in [0.15, 0.2) is 0 Å². The number of para-hydroxylation sites is 1. The average molecular weight is 176 g/mol. The van der Waals surface area contributed by atoms with Gasteiger partial charge in [-0.05, 0) is 18.2 Å². The summed E-state index contributed by atoms with van der Waals surface area (Å²) >= 11 is 0. The molecule has 2 nitrogen and oxygen atoms in total. The lowest BCUT2D eigenvalue weighted by Crippen LogP contribution is -2.08. The largest absolute Gasteiger partial charge is 0.234 e. The molecule has 1 unspecified atom stereocenters. The molecular weight excluding hydrogens is 167 g/mol. The third-order valence-corrected chi connectivity index (χ3v) is 2.11. The van der Waals surface area contributed by atoms with E-state index < -0.39 is 0 Å². The van der Waals surface area contributed by atoms with Crippen LogP contribution in [0, 0.1) is 0 Å². The molecule has 0 aliphatic rings. The molecule has 0 fully saturated rings. The summed E-state index contributed by atoms with van der Waals surface area (Å²) in [6, 6.07) is 12.0. The van der Waals surface area contributed by atoms with E-state index in [2.05, 4.69) is 14.3 Å². The van der Waals surface area contributed by atoms with Crippen molar-refractivity contribution in [3.63, 3.8) is 0 Å². The van der Waals surface area contributed by atoms with Crippen molar-refractivity contribution in [2.24, 2.45) is 0 Å². The van der Waals surface area contributed by atoms with Gasteiger partial charge in [-0.3, -0.25) is 0 Å². The summed E-state index contributed by atoms with van der Waals surface area (Å²) < 4.78 is 1.88. The molecule has 1 atom stereocenters. The van der Waals surface area contributed by atoms with Crippen LogP contribution in [0.1, 0.15) is 0 Å². The molecule has 0 aliphatic carbocycles. The Hall–Kier alpha value is -1.14. The van der Waals surface area contributed by atoms with E-state index in [0.29, 0.717) is 0 Å². The van der Waals surface area contributed by atoms with Crippen molar-refractivity contribution < 1.29 is 0 Å². The molecule has 0 spiro atoms. The summed E-state index contributed by atoms with van der Waals surface area (Å²) in [4.78, 5) is 0. The van der Waals surface area contributed by atoms with Crippen LogP contribution in [0.5, 0.6) is 0 Å². The lowest BCUT2D eigenvalue weighted by Gasteiger charge is -2.01. The Morgan fingerprint density at radius 2 is 1.83 bits per heavy atom. The SMILES string of the molecule is Pc1ccnn1-c1ccccc1. The van der Waals surface area contributed by atoms with Gasteiger partial charge in [-0.1, -0.05) is 27.4 Å². The van der Waals surface area contributed by atoms with Gasteiger partial charge in [0.25, 0.3) is 0 Å². The van der Waals surface area contributed by atoms with Crippen molar-refractivity contribution in [3.05, 3.63) is 42.6 Å². The number of hydrogen-bond donors (Lipinski definition) is 0. The van der Waals surface area contributed by atoms with Crippen LogP contribution in [-0.2, 0) is 0 Å². The van der Waals surface area contributed by atoms with Crippen molar-refractivity contribution in [1.29, 1.82) is 0 Å². The molecule has 1 aromatic carbocycles. The normalized spacial score (nSPS) is 10.1. The number of nitrogens with zero attached hydrogens (tertiary/aromatic N) is 2. The second-order valence-electron chi connectivity index (χ2n) is 2.50. The highest BCUT2D eigenvalue weighted by atomic mass is 31.0. The smallest absolute Gasteiger partial charge is 0.0652 e. The van der Waals surface area contributed by atoms with E-state index in [1.54, 1.807) is 6.20 Å². The van der Waals surface area contributed by atoms with Gasteiger partial charge in [-0.25, -0.2) is 4.68 Å². The van der Waals surface area contributed by atoms with Gasteiger partial charge in [0, 0.05) is 0 Å². The van der Waals surface area contributed by atoms with E-state index >= 15 is 0 Å². The van der Waals surface area contributed by atoms with Gasteiger partial charge in [0.1, 0.15) is 0 Å². The molecule has 0 radical (unpaired) electrons. The van der Waals surface area contributed by atoms with E-state index in [9.17, 15) is 0 Å². The predicted molar refractivity (Wildman–Crippen MR) is 52.9 cm³/mol. The lowest BCUT2D eigenvalue weighted by molar-refractivity contribution is 0.905. The van der Waals surface area contributed by atoms with Crippen LogP contribution >= 0.6 is 9.24 Å². The molecule has 12 heavy (non-hydrogen) atoms. The van der Waals surface area contributed by atoms with E-state index in [4.69, 9.17) is 0 Å².